The summed E-state index contributed by atoms with van der Waals surface area (Å²) in [5, 5.41) is 11.6. The minimum atomic E-state index is -1.11. The number of aromatic nitrogens is 1. The number of carbonyl (C=O) groups excluding carboxylic acids is 1. The summed E-state index contributed by atoms with van der Waals surface area (Å²) in [6.07, 6.45) is 2.87. The number of hydrogen-bond acceptors (Lipinski definition) is 5. The Hall–Kier alpha value is -2.05. The van der Waals surface area contributed by atoms with E-state index in [1.807, 2.05) is 4.90 Å². The van der Waals surface area contributed by atoms with Crippen molar-refractivity contribution in [3.63, 3.8) is 0 Å². The number of nitrogens with one attached hydrogen (secondary N) is 1. The smallest absolute Gasteiger partial charge is 0.357 e. The molecule has 2 aliphatic rings. The fourth-order valence-corrected chi connectivity index (χ4v) is 2.68. The van der Waals surface area contributed by atoms with Crippen LogP contribution in [0.15, 0.2) is 10.7 Å². The van der Waals surface area contributed by atoms with Crippen molar-refractivity contribution in [2.24, 2.45) is 5.92 Å². The predicted molar refractivity (Wildman–Crippen MR) is 60.3 cm³/mol. The molecule has 0 aromatic carbocycles. The van der Waals surface area contributed by atoms with Crippen molar-refractivity contribution in [2.75, 3.05) is 18.0 Å². The number of anilines is 1. The predicted octanol–water partition coefficient (Wildman–Crippen LogP) is 0.0876. The van der Waals surface area contributed by atoms with E-state index in [4.69, 9.17) is 9.52 Å². The van der Waals surface area contributed by atoms with E-state index in [0.29, 0.717) is 12.6 Å². The van der Waals surface area contributed by atoms with Crippen LogP contribution in [0.5, 0.6) is 0 Å². The topological polar surface area (TPSA) is 95.7 Å². The molecule has 7 heteroatoms. The molecule has 1 amide bonds. The standard InChI is InChI=1S/C11H13N3O4/c15-9-6-2-1-3-14(8(6)4-12-9)11-13-7(5-18-11)10(16)17/h5-6,8H,1-4H2,(H,12,15)(H,16,17). The zero-order valence-electron chi connectivity index (χ0n) is 9.63. The highest BCUT2D eigenvalue weighted by Gasteiger charge is 2.42. The summed E-state index contributed by atoms with van der Waals surface area (Å²) in [4.78, 5) is 28.2. The number of nitrogens with zero attached hydrogens (tertiary/aromatic N) is 2. The van der Waals surface area contributed by atoms with Crippen molar-refractivity contribution in [1.82, 2.24) is 10.3 Å². The van der Waals surface area contributed by atoms with Crippen LogP contribution in [0.1, 0.15) is 23.3 Å². The second-order valence-electron chi connectivity index (χ2n) is 4.58. The Morgan fingerprint density at radius 3 is 3.17 bits per heavy atom. The number of piperidine rings is 1. The lowest BCUT2D eigenvalue weighted by molar-refractivity contribution is -0.123. The number of rotatable bonds is 2. The molecule has 1 aromatic heterocycles. The molecular formula is C11H13N3O4. The van der Waals surface area contributed by atoms with Crippen molar-refractivity contribution in [3.05, 3.63) is 12.0 Å². The minimum Gasteiger partial charge on any atom is -0.476 e. The molecule has 0 bridgehead atoms. The van der Waals surface area contributed by atoms with Crippen LogP contribution in [0, 0.1) is 5.92 Å². The lowest BCUT2D eigenvalue weighted by Crippen LogP contribution is -2.45. The fraction of sp³-hybridized carbons (Fsp3) is 0.545. The molecule has 0 radical (unpaired) electrons. The number of amides is 1. The first-order valence-corrected chi connectivity index (χ1v) is 5.90. The lowest BCUT2D eigenvalue weighted by atomic mass is 9.92. The van der Waals surface area contributed by atoms with Crippen molar-refractivity contribution in [2.45, 2.75) is 18.9 Å². The van der Waals surface area contributed by atoms with E-state index < -0.39 is 5.97 Å². The van der Waals surface area contributed by atoms with Gasteiger partial charge >= 0.3 is 5.97 Å². The van der Waals surface area contributed by atoms with Gasteiger partial charge in [0.15, 0.2) is 5.69 Å². The first-order valence-electron chi connectivity index (χ1n) is 5.90. The zero-order chi connectivity index (χ0) is 12.7. The quantitative estimate of drug-likeness (QED) is 0.773. The summed E-state index contributed by atoms with van der Waals surface area (Å²) >= 11 is 0. The van der Waals surface area contributed by atoms with E-state index in [1.54, 1.807) is 0 Å². The van der Waals surface area contributed by atoms with Gasteiger partial charge < -0.3 is 19.7 Å². The first kappa shape index (κ1) is 11.1. The average molecular weight is 251 g/mol. The largest absolute Gasteiger partial charge is 0.476 e. The Morgan fingerprint density at radius 1 is 1.61 bits per heavy atom. The van der Waals surface area contributed by atoms with E-state index in [9.17, 15) is 9.59 Å². The number of oxazole rings is 1. The van der Waals surface area contributed by atoms with E-state index in [2.05, 4.69) is 10.3 Å². The number of hydrogen-bond donors (Lipinski definition) is 2. The molecule has 7 nitrogen and oxygen atoms in total. The van der Waals surface area contributed by atoms with Crippen molar-refractivity contribution < 1.29 is 19.1 Å². The molecule has 2 saturated heterocycles. The monoisotopic (exact) mass is 251 g/mol. The van der Waals surface area contributed by atoms with Gasteiger partial charge in [0.1, 0.15) is 6.26 Å². The highest BCUT2D eigenvalue weighted by Crippen LogP contribution is 2.30. The van der Waals surface area contributed by atoms with Gasteiger partial charge in [-0.15, -0.1) is 0 Å². The SMILES string of the molecule is O=C(O)c1coc(N2CCCC3C(=O)NCC32)n1. The van der Waals surface area contributed by atoms with Crippen LogP contribution in [0.25, 0.3) is 0 Å². The van der Waals surface area contributed by atoms with Crippen molar-refractivity contribution >= 4 is 17.9 Å². The van der Waals surface area contributed by atoms with Crippen LogP contribution in [-0.2, 0) is 4.79 Å². The van der Waals surface area contributed by atoms with Gasteiger partial charge in [-0.3, -0.25) is 4.79 Å². The normalized spacial score (nSPS) is 26.9. The van der Waals surface area contributed by atoms with Crippen LogP contribution < -0.4 is 10.2 Å². The van der Waals surface area contributed by atoms with Gasteiger partial charge in [-0.2, -0.15) is 4.98 Å². The third-order valence-electron chi connectivity index (χ3n) is 3.56. The molecule has 2 fully saturated rings. The second kappa shape index (κ2) is 4.01. The van der Waals surface area contributed by atoms with Crippen LogP contribution in [-0.4, -0.2) is 41.1 Å². The Labute approximate surface area is 103 Å². The van der Waals surface area contributed by atoms with Gasteiger partial charge in [0.05, 0.1) is 12.0 Å². The first-order chi connectivity index (χ1) is 8.66. The highest BCUT2D eigenvalue weighted by molar-refractivity contribution is 5.85. The maximum atomic E-state index is 11.6. The second-order valence-corrected chi connectivity index (χ2v) is 4.58. The molecule has 18 heavy (non-hydrogen) atoms. The molecule has 2 unspecified atom stereocenters. The lowest BCUT2D eigenvalue weighted by Gasteiger charge is -2.34. The molecule has 0 spiro atoms. The number of carboxylic acids is 1. The number of carbonyl (C=O) groups is 2. The molecule has 3 rings (SSSR count). The molecule has 3 heterocycles. The third-order valence-corrected chi connectivity index (χ3v) is 3.56. The van der Waals surface area contributed by atoms with Gasteiger partial charge in [-0.05, 0) is 12.8 Å². The number of aromatic carboxylic acids is 1. The minimum absolute atomic E-state index is 0.0199. The maximum Gasteiger partial charge on any atom is 0.357 e. The summed E-state index contributed by atoms with van der Waals surface area (Å²) in [5.74, 6) is -1.09. The van der Waals surface area contributed by atoms with Gasteiger partial charge in [-0.1, -0.05) is 0 Å². The summed E-state index contributed by atoms with van der Waals surface area (Å²) in [6, 6.07) is 0.310. The molecular weight excluding hydrogens is 238 g/mol. The van der Waals surface area contributed by atoms with E-state index in [0.717, 1.165) is 25.6 Å². The summed E-state index contributed by atoms with van der Waals surface area (Å²) in [5.41, 5.74) is -0.107. The van der Waals surface area contributed by atoms with E-state index in [-0.39, 0.29) is 23.6 Å². The third kappa shape index (κ3) is 1.62. The molecule has 0 saturated carbocycles. The van der Waals surface area contributed by atoms with Crippen molar-refractivity contribution in [1.29, 1.82) is 0 Å². The van der Waals surface area contributed by atoms with Crippen LogP contribution >= 0.6 is 0 Å². The Bertz CT molecular complexity index is 498. The average Bonchev–Trinajstić information content (AvgIpc) is 2.97. The van der Waals surface area contributed by atoms with E-state index in [1.165, 1.54) is 0 Å². The van der Waals surface area contributed by atoms with E-state index >= 15 is 0 Å². The fourth-order valence-electron chi connectivity index (χ4n) is 2.68. The Kier molecular flexibility index (Phi) is 2.46. The molecule has 2 aliphatic heterocycles. The summed E-state index contributed by atoms with van der Waals surface area (Å²) < 4.78 is 5.20. The molecule has 96 valence electrons. The Morgan fingerprint density at radius 2 is 2.44 bits per heavy atom. The molecule has 2 atom stereocenters. The van der Waals surface area contributed by atoms with Gasteiger partial charge in [0.2, 0.25) is 5.91 Å². The van der Waals surface area contributed by atoms with Crippen molar-refractivity contribution in [3.8, 4) is 0 Å². The molecule has 0 aliphatic carbocycles. The Balaban J connectivity index is 1.86. The molecule has 1 aromatic rings. The van der Waals surface area contributed by atoms with Crippen LogP contribution in [0.3, 0.4) is 0 Å². The van der Waals surface area contributed by atoms with Crippen LogP contribution in [0.4, 0.5) is 6.01 Å². The van der Waals surface area contributed by atoms with Gasteiger partial charge in [-0.25, -0.2) is 4.79 Å². The summed E-state index contributed by atoms with van der Waals surface area (Å²) in [7, 11) is 0. The number of fused-ring (bicyclic) bond motifs is 1. The number of carboxylic acid groups (broad SMARTS) is 1. The maximum absolute atomic E-state index is 11.6. The molecule has 2 N–H and O–H groups in total. The zero-order valence-corrected chi connectivity index (χ0v) is 9.63. The van der Waals surface area contributed by atoms with Gasteiger partial charge in [0, 0.05) is 13.1 Å². The highest BCUT2D eigenvalue weighted by atomic mass is 16.4. The van der Waals surface area contributed by atoms with Crippen LogP contribution in [0.2, 0.25) is 0 Å². The summed E-state index contributed by atoms with van der Waals surface area (Å²) in [6.45, 7) is 1.30. The van der Waals surface area contributed by atoms with Gasteiger partial charge in [0.25, 0.3) is 6.01 Å².